The molecule has 4 aromatic rings. The van der Waals surface area contributed by atoms with Gasteiger partial charge in [0.2, 0.25) is 0 Å². The summed E-state index contributed by atoms with van der Waals surface area (Å²) < 4.78 is 59.7. The number of ether oxygens (including phenoxy) is 3. The second-order valence-electron chi connectivity index (χ2n) is 7.93. The number of alkyl halides is 3. The van der Waals surface area contributed by atoms with Gasteiger partial charge in [0.15, 0.2) is 5.65 Å². The Morgan fingerprint density at radius 3 is 2.57 bits per heavy atom. The Kier molecular flexibility index (Phi) is 5.77. The fourth-order valence-corrected chi connectivity index (χ4v) is 3.67. The number of aliphatic carboxylic acids is 1. The van der Waals surface area contributed by atoms with Gasteiger partial charge < -0.3 is 23.9 Å². The van der Waals surface area contributed by atoms with Crippen LogP contribution in [0.15, 0.2) is 61.1 Å². The standard InChI is InChI=1S/C24H18F3N3O5/c25-24(26,27)19-8-17(4-5-21(19)35-16-3-1-2-14(6-16)7-22(31)32)34-18-9-20-23(28-10-18)29-13-30(20)15-11-33-12-15/h1-6,8-10,13,15H,7,11-12H2,(H,31,32). The molecule has 1 aliphatic heterocycles. The van der Waals surface area contributed by atoms with Gasteiger partial charge in [-0.05, 0) is 35.9 Å². The molecule has 5 rings (SSSR count). The van der Waals surface area contributed by atoms with Gasteiger partial charge in [-0.1, -0.05) is 12.1 Å². The van der Waals surface area contributed by atoms with E-state index in [2.05, 4.69) is 9.97 Å². The van der Waals surface area contributed by atoms with Crippen LogP contribution >= 0.6 is 0 Å². The molecule has 0 spiro atoms. The van der Waals surface area contributed by atoms with E-state index in [0.717, 1.165) is 12.1 Å². The molecule has 3 heterocycles. The topological polar surface area (TPSA) is 95.7 Å². The Balaban J connectivity index is 1.42. The summed E-state index contributed by atoms with van der Waals surface area (Å²) in [5.41, 5.74) is 0.547. The number of carboxylic acids is 1. The molecule has 0 aliphatic carbocycles. The smallest absolute Gasteiger partial charge is 0.420 e. The van der Waals surface area contributed by atoms with Crippen LogP contribution in [0, 0.1) is 0 Å². The first kappa shape index (κ1) is 22.7. The van der Waals surface area contributed by atoms with Gasteiger partial charge in [-0.3, -0.25) is 4.79 Å². The van der Waals surface area contributed by atoms with Gasteiger partial charge in [0.05, 0.1) is 43.7 Å². The van der Waals surface area contributed by atoms with Crippen LogP contribution in [-0.2, 0) is 22.1 Å². The minimum Gasteiger partial charge on any atom is -0.481 e. The first-order valence-electron chi connectivity index (χ1n) is 10.5. The number of hydrogen-bond donors (Lipinski definition) is 1. The van der Waals surface area contributed by atoms with Crippen LogP contribution < -0.4 is 9.47 Å². The summed E-state index contributed by atoms with van der Waals surface area (Å²) in [5.74, 6) is -1.21. The summed E-state index contributed by atoms with van der Waals surface area (Å²) in [6.45, 7) is 1.10. The third-order valence-electron chi connectivity index (χ3n) is 5.39. The van der Waals surface area contributed by atoms with Crippen LogP contribution in [-0.4, -0.2) is 38.8 Å². The third kappa shape index (κ3) is 4.90. The second kappa shape index (κ2) is 8.91. The van der Waals surface area contributed by atoms with Crippen molar-refractivity contribution in [2.45, 2.75) is 18.6 Å². The molecule has 0 atom stereocenters. The summed E-state index contributed by atoms with van der Waals surface area (Å²) in [6, 6.07) is 11.1. The van der Waals surface area contributed by atoms with Gasteiger partial charge in [-0.2, -0.15) is 13.2 Å². The van der Waals surface area contributed by atoms with Crippen molar-refractivity contribution >= 4 is 17.1 Å². The van der Waals surface area contributed by atoms with E-state index < -0.39 is 23.5 Å². The molecule has 0 bridgehead atoms. The number of aromatic nitrogens is 3. The maximum absolute atomic E-state index is 13.8. The van der Waals surface area contributed by atoms with E-state index in [1.54, 1.807) is 18.5 Å². The van der Waals surface area contributed by atoms with Gasteiger partial charge >= 0.3 is 12.1 Å². The minimum absolute atomic E-state index is 0.0523. The SMILES string of the molecule is O=C(O)Cc1cccc(Oc2ccc(Oc3cnc4ncn(C5COC5)c4c3)cc2C(F)(F)F)c1. The van der Waals surface area contributed by atoms with Crippen molar-refractivity contribution in [3.05, 3.63) is 72.2 Å². The van der Waals surface area contributed by atoms with Crippen molar-refractivity contribution in [1.29, 1.82) is 0 Å². The molecule has 2 aromatic carbocycles. The maximum Gasteiger partial charge on any atom is 0.420 e. The summed E-state index contributed by atoms with van der Waals surface area (Å²) in [6.07, 6.45) is -1.96. The zero-order valence-electron chi connectivity index (χ0n) is 18.0. The lowest BCUT2D eigenvalue weighted by Gasteiger charge is -2.27. The largest absolute Gasteiger partial charge is 0.481 e. The van der Waals surface area contributed by atoms with Crippen LogP contribution in [0.1, 0.15) is 17.2 Å². The molecule has 1 fully saturated rings. The Bertz CT molecular complexity index is 1400. The van der Waals surface area contributed by atoms with E-state index in [1.165, 1.54) is 30.5 Å². The van der Waals surface area contributed by atoms with E-state index in [9.17, 15) is 18.0 Å². The summed E-state index contributed by atoms with van der Waals surface area (Å²) >= 11 is 0. The van der Waals surface area contributed by atoms with Crippen LogP contribution in [0.25, 0.3) is 11.2 Å². The van der Waals surface area contributed by atoms with Gasteiger partial charge in [-0.25, -0.2) is 9.97 Å². The summed E-state index contributed by atoms with van der Waals surface area (Å²) in [7, 11) is 0. The number of hydrogen-bond acceptors (Lipinski definition) is 6. The molecule has 0 amide bonds. The molecular formula is C24H18F3N3O5. The molecule has 1 N–H and O–H groups in total. The van der Waals surface area contributed by atoms with Gasteiger partial charge in [0.1, 0.15) is 28.6 Å². The van der Waals surface area contributed by atoms with Crippen LogP contribution in [0.3, 0.4) is 0 Å². The average Bonchev–Trinajstić information content (AvgIpc) is 3.15. The van der Waals surface area contributed by atoms with Gasteiger partial charge in [0.25, 0.3) is 0 Å². The highest BCUT2D eigenvalue weighted by Gasteiger charge is 2.35. The lowest BCUT2D eigenvalue weighted by Crippen LogP contribution is -2.30. The number of carbonyl (C=O) groups is 1. The molecule has 35 heavy (non-hydrogen) atoms. The highest BCUT2D eigenvalue weighted by Crippen LogP contribution is 2.41. The number of halogens is 3. The molecule has 2 aromatic heterocycles. The Morgan fingerprint density at radius 2 is 1.86 bits per heavy atom. The number of pyridine rings is 1. The van der Waals surface area contributed by atoms with Gasteiger partial charge in [-0.15, -0.1) is 0 Å². The number of benzene rings is 2. The molecule has 180 valence electrons. The van der Waals surface area contributed by atoms with Gasteiger partial charge in [0, 0.05) is 6.07 Å². The third-order valence-corrected chi connectivity index (χ3v) is 5.39. The Morgan fingerprint density at radius 1 is 1.06 bits per heavy atom. The quantitative estimate of drug-likeness (QED) is 0.383. The highest BCUT2D eigenvalue weighted by atomic mass is 19.4. The first-order chi connectivity index (χ1) is 16.8. The predicted octanol–water partition coefficient (Wildman–Crippen LogP) is 5.23. The number of fused-ring (bicyclic) bond motifs is 1. The van der Waals surface area contributed by atoms with Crippen LogP contribution in [0.2, 0.25) is 0 Å². The van der Waals surface area contributed by atoms with Crippen molar-refractivity contribution < 1.29 is 37.3 Å². The normalized spacial score (nSPS) is 14.0. The molecule has 11 heteroatoms. The first-order valence-corrected chi connectivity index (χ1v) is 10.5. The molecular weight excluding hydrogens is 467 g/mol. The van der Waals surface area contributed by atoms with Crippen LogP contribution in [0.5, 0.6) is 23.0 Å². The van der Waals surface area contributed by atoms with Crippen molar-refractivity contribution in [2.24, 2.45) is 0 Å². The number of nitrogens with zero attached hydrogens (tertiary/aromatic N) is 3. The molecule has 0 saturated carbocycles. The zero-order chi connectivity index (χ0) is 24.6. The lowest BCUT2D eigenvalue weighted by molar-refractivity contribution is -0.138. The zero-order valence-corrected chi connectivity index (χ0v) is 18.0. The fourth-order valence-electron chi connectivity index (χ4n) is 3.67. The van der Waals surface area contributed by atoms with E-state index in [0.29, 0.717) is 29.9 Å². The monoisotopic (exact) mass is 485 g/mol. The minimum atomic E-state index is -4.72. The van der Waals surface area contributed by atoms with Crippen molar-refractivity contribution in [1.82, 2.24) is 14.5 Å². The fraction of sp³-hybridized carbons (Fsp3) is 0.208. The Hall–Kier alpha value is -4.12. The van der Waals surface area contributed by atoms with E-state index in [4.69, 9.17) is 19.3 Å². The number of rotatable bonds is 7. The van der Waals surface area contributed by atoms with E-state index >= 15 is 0 Å². The molecule has 1 saturated heterocycles. The highest BCUT2D eigenvalue weighted by molar-refractivity contribution is 5.73. The molecule has 1 aliphatic rings. The summed E-state index contributed by atoms with van der Waals surface area (Å²) in [4.78, 5) is 19.4. The average molecular weight is 485 g/mol. The summed E-state index contributed by atoms with van der Waals surface area (Å²) in [5, 5.41) is 8.94. The number of imidazole rings is 1. The maximum atomic E-state index is 13.8. The van der Waals surface area contributed by atoms with Crippen molar-refractivity contribution in [2.75, 3.05) is 13.2 Å². The molecule has 8 nitrogen and oxygen atoms in total. The number of carboxylic acid groups (broad SMARTS) is 1. The van der Waals surface area contributed by atoms with Crippen molar-refractivity contribution in [3.8, 4) is 23.0 Å². The van der Waals surface area contributed by atoms with Crippen LogP contribution in [0.4, 0.5) is 13.2 Å². The second-order valence-corrected chi connectivity index (χ2v) is 7.93. The Labute approximate surface area is 196 Å². The van der Waals surface area contributed by atoms with E-state index in [1.807, 2.05) is 4.57 Å². The van der Waals surface area contributed by atoms with Crippen molar-refractivity contribution in [3.63, 3.8) is 0 Å². The predicted molar refractivity (Wildman–Crippen MR) is 117 cm³/mol. The molecule has 0 unspecified atom stereocenters. The van der Waals surface area contributed by atoms with E-state index in [-0.39, 0.29) is 29.7 Å². The lowest BCUT2D eigenvalue weighted by atomic mass is 10.1. The molecule has 0 radical (unpaired) electrons.